The van der Waals surface area contributed by atoms with Gasteiger partial charge in [-0.3, -0.25) is 4.90 Å². The number of ether oxygens (including phenoxy) is 2. The maximum absolute atomic E-state index is 5.63. The molecule has 1 saturated carbocycles. The van der Waals surface area contributed by atoms with Gasteiger partial charge >= 0.3 is 0 Å². The Labute approximate surface area is 155 Å². The molecule has 1 aromatic heterocycles. The molecule has 0 unspecified atom stereocenters. The van der Waals surface area contributed by atoms with Gasteiger partial charge in [0, 0.05) is 18.7 Å². The summed E-state index contributed by atoms with van der Waals surface area (Å²) in [6, 6.07) is 6.43. The third kappa shape index (κ3) is 3.56. The van der Waals surface area contributed by atoms with Crippen molar-refractivity contribution in [2.45, 2.75) is 51.2 Å². The molecule has 140 valence electrons. The Kier molecular flexibility index (Phi) is 5.11. The second kappa shape index (κ2) is 7.66. The van der Waals surface area contributed by atoms with E-state index in [-0.39, 0.29) is 0 Å². The van der Waals surface area contributed by atoms with Crippen LogP contribution in [0, 0.1) is 5.92 Å². The molecule has 1 aliphatic heterocycles. The molecule has 4 rings (SSSR count). The molecule has 0 N–H and O–H groups in total. The summed E-state index contributed by atoms with van der Waals surface area (Å²) in [4.78, 5) is 2.52. The highest BCUT2D eigenvalue weighted by atomic mass is 16.5. The van der Waals surface area contributed by atoms with Crippen molar-refractivity contribution in [3.63, 3.8) is 0 Å². The van der Waals surface area contributed by atoms with E-state index in [1.54, 1.807) is 14.2 Å². The molecule has 1 aromatic carbocycles. The van der Waals surface area contributed by atoms with Gasteiger partial charge in [-0.1, -0.05) is 18.6 Å². The van der Waals surface area contributed by atoms with E-state index < -0.39 is 0 Å². The largest absolute Gasteiger partial charge is 0.493 e. The first-order valence-corrected chi connectivity index (χ1v) is 9.61. The van der Waals surface area contributed by atoms with Crippen LogP contribution in [0.1, 0.15) is 49.5 Å². The van der Waals surface area contributed by atoms with Crippen molar-refractivity contribution in [3.05, 3.63) is 35.9 Å². The van der Waals surface area contributed by atoms with Crippen LogP contribution in [0.2, 0.25) is 0 Å². The standard InChI is InChI=1S/C20H28N4O2/c1-25-18-8-5-6-16(19(18)26-2)13-23-11-4-3-7-17(23)20-22-21-14-24(20)12-15-9-10-15/h5-6,8,14-15,17H,3-4,7,9-13H2,1-2H3/t17-/m0/s1. The summed E-state index contributed by atoms with van der Waals surface area (Å²) < 4.78 is 13.4. The van der Waals surface area contributed by atoms with Crippen molar-refractivity contribution in [2.75, 3.05) is 20.8 Å². The molecule has 0 amide bonds. The van der Waals surface area contributed by atoms with Crippen molar-refractivity contribution in [1.29, 1.82) is 0 Å². The lowest BCUT2D eigenvalue weighted by Crippen LogP contribution is -2.34. The van der Waals surface area contributed by atoms with Crippen LogP contribution < -0.4 is 9.47 Å². The van der Waals surface area contributed by atoms with E-state index in [0.717, 1.165) is 54.9 Å². The van der Waals surface area contributed by atoms with Gasteiger partial charge in [-0.2, -0.15) is 0 Å². The third-order valence-electron chi connectivity index (χ3n) is 5.57. The van der Waals surface area contributed by atoms with Gasteiger partial charge in [-0.25, -0.2) is 0 Å². The van der Waals surface area contributed by atoms with E-state index in [4.69, 9.17) is 9.47 Å². The molecule has 26 heavy (non-hydrogen) atoms. The number of likely N-dealkylation sites (tertiary alicyclic amines) is 1. The molecule has 0 bridgehead atoms. The van der Waals surface area contributed by atoms with E-state index in [1.165, 1.54) is 25.7 Å². The summed E-state index contributed by atoms with van der Waals surface area (Å²) in [5.74, 6) is 3.56. The number of methoxy groups -OCH3 is 2. The van der Waals surface area contributed by atoms with Crippen molar-refractivity contribution < 1.29 is 9.47 Å². The van der Waals surface area contributed by atoms with Crippen LogP contribution in [0.3, 0.4) is 0 Å². The van der Waals surface area contributed by atoms with Crippen LogP contribution in [0.25, 0.3) is 0 Å². The monoisotopic (exact) mass is 356 g/mol. The molecule has 1 aliphatic carbocycles. The smallest absolute Gasteiger partial charge is 0.165 e. The number of nitrogens with zero attached hydrogens (tertiary/aromatic N) is 4. The lowest BCUT2D eigenvalue weighted by atomic mass is 10.00. The molecule has 6 nitrogen and oxygen atoms in total. The molecular formula is C20H28N4O2. The summed E-state index contributed by atoms with van der Waals surface area (Å²) >= 11 is 0. The summed E-state index contributed by atoms with van der Waals surface area (Å²) in [5.41, 5.74) is 1.16. The zero-order chi connectivity index (χ0) is 17.9. The van der Waals surface area contributed by atoms with Gasteiger partial charge in [-0.05, 0) is 44.2 Å². The number of piperidine rings is 1. The lowest BCUT2D eigenvalue weighted by Gasteiger charge is -2.35. The third-order valence-corrected chi connectivity index (χ3v) is 5.57. The van der Waals surface area contributed by atoms with Crippen LogP contribution in [0.4, 0.5) is 0 Å². The fraction of sp³-hybridized carbons (Fsp3) is 0.600. The Morgan fingerprint density at radius 3 is 2.77 bits per heavy atom. The number of aromatic nitrogens is 3. The highest BCUT2D eigenvalue weighted by Gasteiger charge is 2.31. The lowest BCUT2D eigenvalue weighted by molar-refractivity contribution is 0.128. The number of para-hydroxylation sites is 1. The van der Waals surface area contributed by atoms with Gasteiger partial charge in [-0.15, -0.1) is 10.2 Å². The Balaban J connectivity index is 1.58. The van der Waals surface area contributed by atoms with Gasteiger partial charge in [0.1, 0.15) is 12.2 Å². The van der Waals surface area contributed by atoms with E-state index in [1.807, 2.05) is 18.5 Å². The predicted molar refractivity (Wildman–Crippen MR) is 99.3 cm³/mol. The summed E-state index contributed by atoms with van der Waals surface area (Å²) in [7, 11) is 3.40. The van der Waals surface area contributed by atoms with Crippen molar-refractivity contribution in [3.8, 4) is 11.5 Å². The molecular weight excluding hydrogens is 328 g/mol. The Bertz CT molecular complexity index is 741. The molecule has 2 heterocycles. The van der Waals surface area contributed by atoms with Gasteiger partial charge in [0.2, 0.25) is 0 Å². The summed E-state index contributed by atoms with van der Waals surface area (Å²) in [6.07, 6.45) is 8.19. The van der Waals surface area contributed by atoms with Crippen LogP contribution in [0.15, 0.2) is 24.5 Å². The maximum atomic E-state index is 5.63. The van der Waals surface area contributed by atoms with Gasteiger partial charge in [0.15, 0.2) is 11.5 Å². The quantitative estimate of drug-likeness (QED) is 0.761. The molecule has 6 heteroatoms. The molecule has 1 atom stereocenters. The van der Waals surface area contributed by atoms with E-state index in [2.05, 4.69) is 25.7 Å². The number of hydrogen-bond acceptors (Lipinski definition) is 5. The molecule has 0 radical (unpaired) electrons. The second-order valence-electron chi connectivity index (χ2n) is 7.42. The highest BCUT2D eigenvalue weighted by Crippen LogP contribution is 2.37. The topological polar surface area (TPSA) is 52.4 Å². The Morgan fingerprint density at radius 1 is 1.12 bits per heavy atom. The first-order valence-electron chi connectivity index (χ1n) is 9.61. The van der Waals surface area contributed by atoms with Crippen LogP contribution in [-0.2, 0) is 13.1 Å². The molecule has 2 aliphatic rings. The molecule has 0 spiro atoms. The summed E-state index contributed by atoms with van der Waals surface area (Å²) in [6.45, 7) is 2.97. The Hall–Kier alpha value is -2.08. The molecule has 2 aromatic rings. The first kappa shape index (κ1) is 17.3. The number of rotatable bonds is 7. The van der Waals surface area contributed by atoms with Crippen molar-refractivity contribution in [1.82, 2.24) is 19.7 Å². The van der Waals surface area contributed by atoms with Gasteiger partial charge < -0.3 is 14.0 Å². The number of benzene rings is 1. The average molecular weight is 356 g/mol. The first-order chi connectivity index (χ1) is 12.8. The summed E-state index contributed by atoms with van der Waals surface area (Å²) in [5, 5.41) is 8.73. The van der Waals surface area contributed by atoms with Gasteiger partial charge in [0.25, 0.3) is 0 Å². The fourth-order valence-corrected chi connectivity index (χ4v) is 4.01. The average Bonchev–Trinajstić information content (AvgIpc) is 3.37. The minimum atomic E-state index is 0.320. The Morgan fingerprint density at radius 2 is 2.00 bits per heavy atom. The van der Waals surface area contributed by atoms with Gasteiger partial charge in [0.05, 0.1) is 20.3 Å². The van der Waals surface area contributed by atoms with E-state index in [9.17, 15) is 0 Å². The molecule has 2 fully saturated rings. The van der Waals surface area contributed by atoms with E-state index in [0.29, 0.717) is 6.04 Å². The van der Waals surface area contributed by atoms with Crippen LogP contribution in [0.5, 0.6) is 11.5 Å². The zero-order valence-corrected chi connectivity index (χ0v) is 15.7. The number of hydrogen-bond donors (Lipinski definition) is 0. The van der Waals surface area contributed by atoms with Crippen LogP contribution >= 0.6 is 0 Å². The fourth-order valence-electron chi connectivity index (χ4n) is 4.01. The van der Waals surface area contributed by atoms with Crippen molar-refractivity contribution in [2.24, 2.45) is 5.92 Å². The van der Waals surface area contributed by atoms with Crippen molar-refractivity contribution >= 4 is 0 Å². The molecule has 1 saturated heterocycles. The second-order valence-corrected chi connectivity index (χ2v) is 7.42. The normalized spacial score (nSPS) is 20.9. The SMILES string of the molecule is COc1cccc(CN2CCCC[C@H]2c2nncn2CC2CC2)c1OC. The maximum Gasteiger partial charge on any atom is 0.165 e. The minimum Gasteiger partial charge on any atom is -0.493 e. The van der Waals surface area contributed by atoms with E-state index >= 15 is 0 Å². The zero-order valence-electron chi connectivity index (χ0n) is 15.7. The van der Waals surface area contributed by atoms with Crippen LogP contribution in [-0.4, -0.2) is 40.4 Å². The minimum absolute atomic E-state index is 0.320. The predicted octanol–water partition coefficient (Wildman–Crippen LogP) is 3.43. The highest BCUT2D eigenvalue weighted by molar-refractivity contribution is 5.46.